The number of rotatable bonds is 3. The van der Waals surface area contributed by atoms with Gasteiger partial charge in [0.1, 0.15) is 5.82 Å². The maximum atomic E-state index is 13.5. The summed E-state index contributed by atoms with van der Waals surface area (Å²) in [5, 5.41) is 0. The van der Waals surface area contributed by atoms with Crippen molar-refractivity contribution in [2.75, 3.05) is 5.73 Å². The van der Waals surface area contributed by atoms with Gasteiger partial charge in [0.25, 0.3) is 0 Å². The summed E-state index contributed by atoms with van der Waals surface area (Å²) in [5.41, 5.74) is 13.6. The van der Waals surface area contributed by atoms with Gasteiger partial charge in [-0.05, 0) is 24.1 Å². The molecule has 4 N–H and O–H groups in total. The fourth-order valence-electron chi connectivity index (χ4n) is 1.64. The lowest BCUT2D eigenvalue weighted by Gasteiger charge is -2.13. The molecule has 1 unspecified atom stereocenters. The van der Waals surface area contributed by atoms with Crippen molar-refractivity contribution < 1.29 is 4.39 Å². The van der Waals surface area contributed by atoms with E-state index in [9.17, 15) is 4.39 Å². The second-order valence-corrected chi connectivity index (χ2v) is 3.78. The quantitative estimate of drug-likeness (QED) is 0.839. The maximum Gasteiger partial charge on any atom is 0.146 e. The lowest BCUT2D eigenvalue weighted by molar-refractivity contribution is 0.574. The minimum Gasteiger partial charge on any atom is -0.398 e. The monoisotopic (exact) mass is 232 g/mol. The minimum atomic E-state index is -0.454. The Bertz CT molecular complexity index is 515. The molecule has 88 valence electrons. The van der Waals surface area contributed by atoms with E-state index < -0.39 is 11.9 Å². The molecule has 0 fully saturated rings. The minimum absolute atomic E-state index is 0.400. The smallest absolute Gasteiger partial charge is 0.146 e. The van der Waals surface area contributed by atoms with Crippen LogP contribution in [0.4, 0.5) is 10.1 Å². The molecule has 0 saturated heterocycles. The molecule has 0 aliphatic carbocycles. The molecule has 2 rings (SSSR count). The third-order valence-corrected chi connectivity index (χ3v) is 2.58. The number of anilines is 1. The largest absolute Gasteiger partial charge is 0.398 e. The van der Waals surface area contributed by atoms with Crippen LogP contribution >= 0.6 is 0 Å². The first-order chi connectivity index (χ1) is 8.18. The number of halogens is 1. The Kier molecular flexibility index (Phi) is 3.30. The number of nitrogens with two attached hydrogens (primary N) is 2. The van der Waals surface area contributed by atoms with Crippen molar-refractivity contribution in [2.45, 2.75) is 12.5 Å². The maximum absolute atomic E-state index is 13.5. The zero-order chi connectivity index (χ0) is 12.3. The number of hydrogen-bond acceptors (Lipinski definition) is 4. The molecule has 0 aliphatic rings. The molecule has 2 aromatic heterocycles. The molecule has 0 aliphatic heterocycles. The Morgan fingerprint density at radius 2 is 1.88 bits per heavy atom. The van der Waals surface area contributed by atoms with Crippen LogP contribution in [0.15, 0.2) is 36.9 Å². The lowest BCUT2D eigenvalue weighted by Crippen LogP contribution is -2.16. The number of pyridine rings is 2. The number of aromatic nitrogens is 2. The van der Waals surface area contributed by atoms with E-state index in [-0.39, 0.29) is 0 Å². The van der Waals surface area contributed by atoms with Gasteiger partial charge in [0.2, 0.25) is 0 Å². The van der Waals surface area contributed by atoms with Gasteiger partial charge in [-0.2, -0.15) is 0 Å². The van der Waals surface area contributed by atoms with Crippen molar-refractivity contribution in [3.8, 4) is 0 Å². The first-order valence-electron chi connectivity index (χ1n) is 5.22. The van der Waals surface area contributed by atoms with E-state index in [4.69, 9.17) is 11.5 Å². The summed E-state index contributed by atoms with van der Waals surface area (Å²) in [4.78, 5) is 7.66. The van der Waals surface area contributed by atoms with Gasteiger partial charge in [-0.25, -0.2) is 4.39 Å². The van der Waals surface area contributed by atoms with Crippen LogP contribution in [-0.4, -0.2) is 9.97 Å². The Hall–Kier alpha value is -2.01. The normalized spacial score (nSPS) is 12.4. The van der Waals surface area contributed by atoms with E-state index in [1.54, 1.807) is 24.5 Å². The van der Waals surface area contributed by atoms with Gasteiger partial charge < -0.3 is 11.5 Å². The molecule has 0 radical (unpaired) electrons. The van der Waals surface area contributed by atoms with Gasteiger partial charge >= 0.3 is 0 Å². The molecule has 0 amide bonds. The zero-order valence-electron chi connectivity index (χ0n) is 9.18. The third-order valence-electron chi connectivity index (χ3n) is 2.58. The molecule has 17 heavy (non-hydrogen) atoms. The average molecular weight is 232 g/mol. The topological polar surface area (TPSA) is 77.8 Å². The Morgan fingerprint density at radius 3 is 2.59 bits per heavy atom. The summed E-state index contributed by atoms with van der Waals surface area (Å²) in [6.45, 7) is 0. The van der Waals surface area contributed by atoms with Crippen LogP contribution in [0, 0.1) is 5.82 Å². The highest BCUT2D eigenvalue weighted by Gasteiger charge is 2.13. The van der Waals surface area contributed by atoms with E-state index in [0.29, 0.717) is 17.7 Å². The van der Waals surface area contributed by atoms with Crippen LogP contribution in [0.3, 0.4) is 0 Å². The van der Waals surface area contributed by atoms with Crippen molar-refractivity contribution in [1.82, 2.24) is 9.97 Å². The second kappa shape index (κ2) is 4.88. The first-order valence-corrected chi connectivity index (χ1v) is 5.22. The number of hydrogen-bond donors (Lipinski definition) is 2. The highest BCUT2D eigenvalue weighted by molar-refractivity contribution is 5.45. The standard InChI is InChI=1S/C12H13FN4/c13-10-7-17-3-1-9(10)12(15)5-8-6-16-4-2-11(8)14/h1-4,6-7,12H,5,15H2,(H2,14,16). The summed E-state index contributed by atoms with van der Waals surface area (Å²) in [7, 11) is 0. The molecule has 5 heteroatoms. The van der Waals surface area contributed by atoms with Crippen molar-refractivity contribution in [3.05, 3.63) is 53.9 Å². The fraction of sp³-hybridized carbons (Fsp3) is 0.167. The number of nitrogens with zero attached hydrogens (tertiary/aromatic N) is 2. The van der Waals surface area contributed by atoms with Crippen LogP contribution < -0.4 is 11.5 Å². The second-order valence-electron chi connectivity index (χ2n) is 3.78. The van der Waals surface area contributed by atoms with Crippen LogP contribution in [0.25, 0.3) is 0 Å². The van der Waals surface area contributed by atoms with Crippen molar-refractivity contribution >= 4 is 5.69 Å². The molecular weight excluding hydrogens is 219 g/mol. The van der Waals surface area contributed by atoms with Gasteiger partial charge in [0, 0.05) is 35.9 Å². The van der Waals surface area contributed by atoms with Gasteiger partial charge in [-0.1, -0.05) is 0 Å². The predicted molar refractivity (Wildman–Crippen MR) is 63.5 cm³/mol. The van der Waals surface area contributed by atoms with Crippen LogP contribution in [0.5, 0.6) is 0 Å². The molecule has 2 heterocycles. The van der Waals surface area contributed by atoms with Gasteiger partial charge in [-0.3, -0.25) is 9.97 Å². The molecule has 2 aromatic rings. The molecule has 0 spiro atoms. The molecular formula is C12H13FN4. The van der Waals surface area contributed by atoms with E-state index in [0.717, 1.165) is 11.8 Å². The molecule has 0 aromatic carbocycles. The van der Waals surface area contributed by atoms with E-state index in [1.165, 1.54) is 6.20 Å². The summed E-state index contributed by atoms with van der Waals surface area (Å²) < 4.78 is 13.5. The Morgan fingerprint density at radius 1 is 1.18 bits per heavy atom. The molecule has 1 atom stereocenters. The predicted octanol–water partition coefficient (Wildman–Crippen LogP) is 1.44. The highest BCUT2D eigenvalue weighted by atomic mass is 19.1. The molecule has 0 saturated carbocycles. The van der Waals surface area contributed by atoms with Gasteiger partial charge in [-0.15, -0.1) is 0 Å². The molecule has 0 bridgehead atoms. The first kappa shape index (κ1) is 11.5. The van der Waals surface area contributed by atoms with Crippen molar-refractivity contribution in [3.63, 3.8) is 0 Å². The Labute approximate surface area is 98.5 Å². The van der Waals surface area contributed by atoms with Gasteiger partial charge in [0.05, 0.1) is 6.20 Å². The zero-order valence-corrected chi connectivity index (χ0v) is 9.18. The average Bonchev–Trinajstić information content (AvgIpc) is 2.32. The summed E-state index contributed by atoms with van der Waals surface area (Å²) in [6.07, 6.45) is 6.37. The summed E-state index contributed by atoms with van der Waals surface area (Å²) >= 11 is 0. The molecule has 4 nitrogen and oxygen atoms in total. The van der Waals surface area contributed by atoms with Gasteiger partial charge in [0.15, 0.2) is 0 Å². The van der Waals surface area contributed by atoms with Crippen LogP contribution in [-0.2, 0) is 6.42 Å². The third kappa shape index (κ3) is 2.57. The van der Waals surface area contributed by atoms with E-state index in [1.807, 2.05) is 0 Å². The van der Waals surface area contributed by atoms with E-state index in [2.05, 4.69) is 9.97 Å². The van der Waals surface area contributed by atoms with Crippen LogP contribution in [0.1, 0.15) is 17.2 Å². The van der Waals surface area contributed by atoms with Crippen molar-refractivity contribution in [2.24, 2.45) is 5.73 Å². The Balaban J connectivity index is 2.20. The highest BCUT2D eigenvalue weighted by Crippen LogP contribution is 2.20. The SMILES string of the molecule is Nc1ccncc1CC(N)c1ccncc1F. The summed E-state index contributed by atoms with van der Waals surface area (Å²) in [6, 6.07) is 2.82. The summed E-state index contributed by atoms with van der Waals surface area (Å²) in [5.74, 6) is -0.400. The van der Waals surface area contributed by atoms with Crippen LogP contribution in [0.2, 0.25) is 0 Å². The lowest BCUT2D eigenvalue weighted by atomic mass is 10.0. The fourth-order valence-corrected chi connectivity index (χ4v) is 1.64. The van der Waals surface area contributed by atoms with E-state index >= 15 is 0 Å². The number of nitrogen functional groups attached to an aromatic ring is 1. The van der Waals surface area contributed by atoms with Crippen molar-refractivity contribution in [1.29, 1.82) is 0 Å².